The van der Waals surface area contributed by atoms with Crippen LogP contribution in [0.25, 0.3) is 0 Å². The maximum Gasteiger partial charge on any atom is 0.385 e. The fraction of sp³-hybridized carbons (Fsp3) is 0.800. The van der Waals surface area contributed by atoms with Crippen molar-refractivity contribution in [1.29, 1.82) is 0 Å². The predicted octanol–water partition coefficient (Wildman–Crippen LogP) is -1.25. The number of nitrogens with zero attached hydrogens (tertiary/aromatic N) is 2. The number of hydrogen-bond donors (Lipinski definition) is 5. The van der Waals surface area contributed by atoms with Gasteiger partial charge in [-0.25, -0.2) is 4.98 Å². The van der Waals surface area contributed by atoms with Gasteiger partial charge in [-0.1, -0.05) is 0 Å². The Kier molecular flexibility index (Phi) is 9.32. The van der Waals surface area contributed by atoms with E-state index in [2.05, 4.69) is 4.98 Å². The first-order valence-corrected chi connectivity index (χ1v) is 10.1. The van der Waals surface area contributed by atoms with Crippen LogP contribution in [-0.2, 0) is 13.6 Å². The van der Waals surface area contributed by atoms with Crippen molar-refractivity contribution in [3.63, 3.8) is 0 Å². The molecule has 0 saturated heterocycles. The third-order valence-corrected chi connectivity index (χ3v) is 5.70. The molecule has 0 bridgehead atoms. The second-order valence-corrected chi connectivity index (χ2v) is 7.81. The minimum atomic E-state index is -3.76. The Bertz CT molecular complexity index is 616. The Morgan fingerprint density at radius 3 is 2.11 bits per heavy atom. The number of anilines is 1. The van der Waals surface area contributed by atoms with Crippen LogP contribution in [0.15, 0.2) is 4.42 Å². The molecule has 11 nitrogen and oxygen atoms in total. The van der Waals surface area contributed by atoms with Gasteiger partial charge in [-0.05, 0) is 13.8 Å². The molecule has 0 aromatic carbocycles. The molecule has 0 unspecified atom stereocenters. The highest BCUT2D eigenvalue weighted by molar-refractivity contribution is 7.62. The van der Waals surface area contributed by atoms with E-state index in [1.54, 1.807) is 13.8 Å². The summed E-state index contributed by atoms with van der Waals surface area (Å²) in [5.74, 6) is 0.207. The van der Waals surface area contributed by atoms with Crippen molar-refractivity contribution in [2.45, 2.75) is 45.2 Å². The number of oxazole rings is 1. The van der Waals surface area contributed by atoms with Crippen molar-refractivity contribution in [1.82, 2.24) is 4.98 Å². The highest BCUT2D eigenvalue weighted by atomic mass is 31.2. The molecule has 4 atom stereocenters. The van der Waals surface area contributed by atoms with Crippen molar-refractivity contribution in [3.8, 4) is 0 Å². The molecule has 0 spiro atoms. The van der Waals surface area contributed by atoms with Crippen LogP contribution in [0.3, 0.4) is 0 Å². The summed E-state index contributed by atoms with van der Waals surface area (Å²) in [7, 11) is -2.28. The average molecular weight is 412 g/mol. The van der Waals surface area contributed by atoms with E-state index in [1.807, 2.05) is 0 Å². The molecule has 5 N–H and O–H groups in total. The van der Waals surface area contributed by atoms with Crippen LogP contribution in [0.2, 0.25) is 0 Å². The summed E-state index contributed by atoms with van der Waals surface area (Å²) < 4.78 is 29.0. The molecule has 27 heavy (non-hydrogen) atoms. The van der Waals surface area contributed by atoms with E-state index in [0.717, 1.165) is 0 Å². The van der Waals surface area contributed by atoms with Gasteiger partial charge in [0.25, 0.3) is 0 Å². The van der Waals surface area contributed by atoms with Gasteiger partial charge in [-0.15, -0.1) is 0 Å². The van der Waals surface area contributed by atoms with Crippen LogP contribution in [0, 0.1) is 6.92 Å². The summed E-state index contributed by atoms with van der Waals surface area (Å²) in [6, 6.07) is 0. The maximum atomic E-state index is 13.0. The average Bonchev–Trinajstić information content (AvgIpc) is 3.02. The van der Waals surface area contributed by atoms with Crippen LogP contribution in [-0.4, -0.2) is 88.3 Å². The van der Waals surface area contributed by atoms with Crippen LogP contribution in [0.4, 0.5) is 5.88 Å². The molecule has 1 rings (SSSR count). The summed E-state index contributed by atoms with van der Waals surface area (Å²) in [5.41, 5.74) is -0.0659. The minimum Gasteiger partial charge on any atom is -0.424 e. The van der Waals surface area contributed by atoms with Gasteiger partial charge in [0.15, 0.2) is 5.89 Å². The Morgan fingerprint density at radius 1 is 1.11 bits per heavy atom. The SMILES string of the molecule is CCOP(=O)(OCC)c1nc(C)oc1N(C)C[C@H](O)[C@H](O)[C@H](O)[C@H](O)CO. The van der Waals surface area contributed by atoms with Crippen LogP contribution in [0.1, 0.15) is 19.7 Å². The van der Waals surface area contributed by atoms with E-state index >= 15 is 0 Å². The molecule has 0 amide bonds. The summed E-state index contributed by atoms with van der Waals surface area (Å²) in [5, 5.41) is 48.0. The third kappa shape index (κ3) is 5.97. The normalized spacial score (nSPS) is 16.8. The molecular weight excluding hydrogens is 383 g/mol. The minimum absolute atomic E-state index is 0.0150. The fourth-order valence-electron chi connectivity index (χ4n) is 2.37. The van der Waals surface area contributed by atoms with Crippen molar-refractivity contribution in [3.05, 3.63) is 5.89 Å². The van der Waals surface area contributed by atoms with Crippen LogP contribution >= 0.6 is 7.60 Å². The van der Waals surface area contributed by atoms with Gasteiger partial charge >= 0.3 is 7.60 Å². The van der Waals surface area contributed by atoms with Crippen molar-refractivity contribution in [2.24, 2.45) is 0 Å². The predicted molar refractivity (Wildman–Crippen MR) is 96.1 cm³/mol. The summed E-state index contributed by atoms with van der Waals surface area (Å²) in [6.45, 7) is 4.01. The molecular formula is C15H29N2O9P. The van der Waals surface area contributed by atoms with Crippen LogP contribution < -0.4 is 10.3 Å². The lowest BCUT2D eigenvalue weighted by molar-refractivity contribution is -0.112. The van der Waals surface area contributed by atoms with Gasteiger partial charge in [0.2, 0.25) is 11.3 Å². The van der Waals surface area contributed by atoms with Gasteiger partial charge in [0.05, 0.1) is 19.8 Å². The maximum absolute atomic E-state index is 13.0. The number of aliphatic hydroxyl groups excluding tert-OH is 5. The number of aliphatic hydroxyl groups is 5. The Morgan fingerprint density at radius 2 is 1.63 bits per heavy atom. The van der Waals surface area contributed by atoms with Gasteiger partial charge in [0, 0.05) is 20.5 Å². The van der Waals surface area contributed by atoms with E-state index in [0.29, 0.717) is 0 Å². The number of rotatable bonds is 12. The summed E-state index contributed by atoms with van der Waals surface area (Å²) in [4.78, 5) is 5.41. The molecule has 12 heteroatoms. The summed E-state index contributed by atoms with van der Waals surface area (Å²) >= 11 is 0. The van der Waals surface area contributed by atoms with Gasteiger partial charge in [-0.2, -0.15) is 0 Å². The zero-order valence-corrected chi connectivity index (χ0v) is 16.7. The second-order valence-electron chi connectivity index (χ2n) is 5.87. The number of aryl methyl sites for hydroxylation is 1. The standard InChI is InChI=1S/C15H29N2O9P/c1-5-24-27(23,25-6-2)14-15(26-9(3)16-14)17(4)7-10(19)12(21)13(22)11(20)8-18/h10-13,18-22H,5-8H2,1-4H3/t10-,11+,12-,13+/m0/s1. The Hall–Kier alpha value is -1.04. The van der Waals surface area contributed by atoms with E-state index in [1.165, 1.54) is 18.9 Å². The van der Waals surface area contributed by atoms with Gasteiger partial charge in [0.1, 0.15) is 24.4 Å². The monoisotopic (exact) mass is 412 g/mol. The Labute approximate surface area is 157 Å². The van der Waals surface area contributed by atoms with E-state index in [4.69, 9.17) is 18.6 Å². The molecule has 0 saturated carbocycles. The molecule has 0 radical (unpaired) electrons. The lowest BCUT2D eigenvalue weighted by atomic mass is 10.0. The first-order valence-electron chi connectivity index (χ1n) is 8.52. The third-order valence-electron chi connectivity index (χ3n) is 3.69. The van der Waals surface area contributed by atoms with Gasteiger partial charge < -0.3 is 43.9 Å². The van der Waals surface area contributed by atoms with E-state index in [9.17, 15) is 25.0 Å². The molecule has 1 aromatic rings. The molecule has 0 aliphatic carbocycles. The highest BCUT2D eigenvalue weighted by Gasteiger charge is 2.38. The second kappa shape index (κ2) is 10.5. The largest absolute Gasteiger partial charge is 0.424 e. The number of likely N-dealkylation sites (N-methyl/N-ethyl adjacent to an activating group) is 1. The fourth-order valence-corrected chi connectivity index (χ4v) is 4.08. The van der Waals surface area contributed by atoms with Crippen molar-refractivity contribution < 1.29 is 43.6 Å². The van der Waals surface area contributed by atoms with E-state index in [-0.39, 0.29) is 37.0 Å². The first-order chi connectivity index (χ1) is 12.6. The zero-order chi connectivity index (χ0) is 20.8. The van der Waals surface area contributed by atoms with E-state index < -0.39 is 38.6 Å². The number of aromatic nitrogens is 1. The first kappa shape index (κ1) is 24.0. The highest BCUT2D eigenvalue weighted by Crippen LogP contribution is 2.49. The molecule has 0 aliphatic heterocycles. The van der Waals surface area contributed by atoms with Crippen molar-refractivity contribution >= 4 is 18.9 Å². The lowest BCUT2D eigenvalue weighted by Crippen LogP contribution is -2.49. The molecule has 158 valence electrons. The molecule has 1 aromatic heterocycles. The lowest BCUT2D eigenvalue weighted by Gasteiger charge is -2.29. The van der Waals surface area contributed by atoms with Crippen LogP contribution in [0.5, 0.6) is 0 Å². The topological polar surface area (TPSA) is 166 Å². The Balaban J connectivity index is 3.04. The van der Waals surface area contributed by atoms with Crippen molar-refractivity contribution in [2.75, 3.05) is 38.3 Å². The quantitative estimate of drug-likeness (QED) is 0.260. The smallest absolute Gasteiger partial charge is 0.385 e. The molecule has 1 heterocycles. The summed E-state index contributed by atoms with van der Waals surface area (Å²) in [6.07, 6.45) is -6.64. The molecule has 0 aliphatic rings. The molecule has 0 fully saturated rings. The zero-order valence-electron chi connectivity index (χ0n) is 15.8. The van der Waals surface area contributed by atoms with Gasteiger partial charge in [-0.3, -0.25) is 4.57 Å². The number of hydrogen-bond acceptors (Lipinski definition) is 11.